The summed E-state index contributed by atoms with van der Waals surface area (Å²) in [6.07, 6.45) is 0. The molecule has 0 spiro atoms. The molecule has 2 aromatic carbocycles. The maximum absolute atomic E-state index is 12.3. The largest absolute Gasteiger partial charge is 0.348 e. The summed E-state index contributed by atoms with van der Waals surface area (Å²) in [5, 5.41) is 6.18. The Hall–Kier alpha value is -2.33. The first kappa shape index (κ1) is 18.0. The van der Waals surface area contributed by atoms with Crippen LogP contribution in [0.1, 0.15) is 41.4 Å². The van der Waals surface area contributed by atoms with E-state index in [1.54, 1.807) is 31.2 Å². The molecule has 0 radical (unpaired) electrons. The van der Waals surface area contributed by atoms with Gasteiger partial charge in [0.15, 0.2) is 0 Å². The van der Waals surface area contributed by atoms with E-state index < -0.39 is 6.04 Å². The minimum absolute atomic E-state index is 0.131. The molecule has 0 fully saturated rings. The second-order valence-corrected chi connectivity index (χ2v) is 6.23. The molecular weight excluding hydrogens is 324 g/mol. The lowest BCUT2D eigenvalue weighted by Gasteiger charge is -2.20. The topological polar surface area (TPSA) is 58.2 Å². The summed E-state index contributed by atoms with van der Waals surface area (Å²) in [6, 6.07) is 13.6. The van der Waals surface area contributed by atoms with Gasteiger partial charge in [-0.2, -0.15) is 0 Å². The quantitative estimate of drug-likeness (QED) is 0.870. The summed E-state index contributed by atoms with van der Waals surface area (Å²) in [5.74, 6) is -0.536. The predicted octanol–water partition coefficient (Wildman–Crippen LogP) is 3.64. The highest BCUT2D eigenvalue weighted by atomic mass is 35.5. The van der Waals surface area contributed by atoms with Crippen molar-refractivity contribution in [1.29, 1.82) is 0 Å². The van der Waals surface area contributed by atoms with Gasteiger partial charge in [-0.25, -0.2) is 0 Å². The fraction of sp³-hybridized carbons (Fsp3) is 0.263. The molecule has 24 heavy (non-hydrogen) atoms. The molecule has 126 valence electrons. The summed E-state index contributed by atoms with van der Waals surface area (Å²) in [5.41, 5.74) is 2.64. The lowest BCUT2D eigenvalue weighted by atomic mass is 10.0. The number of amides is 2. The minimum atomic E-state index is -0.639. The van der Waals surface area contributed by atoms with Crippen molar-refractivity contribution in [3.8, 4) is 0 Å². The molecule has 0 heterocycles. The Bertz CT molecular complexity index is 728. The van der Waals surface area contributed by atoms with Crippen LogP contribution in [0.4, 0.5) is 0 Å². The summed E-state index contributed by atoms with van der Waals surface area (Å²) in [7, 11) is 0. The van der Waals surface area contributed by atoms with Crippen LogP contribution in [0.15, 0.2) is 48.5 Å². The number of hydrogen-bond donors (Lipinski definition) is 2. The van der Waals surface area contributed by atoms with Crippen molar-refractivity contribution in [2.45, 2.75) is 32.9 Å². The first-order valence-corrected chi connectivity index (χ1v) is 8.18. The Labute approximate surface area is 147 Å². The van der Waals surface area contributed by atoms with Crippen LogP contribution in [-0.4, -0.2) is 17.9 Å². The van der Waals surface area contributed by atoms with Gasteiger partial charge >= 0.3 is 0 Å². The van der Waals surface area contributed by atoms with Crippen molar-refractivity contribution in [2.75, 3.05) is 0 Å². The normalized spacial score (nSPS) is 13.0. The lowest BCUT2D eigenvalue weighted by Crippen LogP contribution is -2.45. The molecule has 5 heteroatoms. The molecule has 0 saturated carbocycles. The molecule has 2 unspecified atom stereocenters. The van der Waals surface area contributed by atoms with Crippen LogP contribution in [0.3, 0.4) is 0 Å². The summed E-state index contributed by atoms with van der Waals surface area (Å²) < 4.78 is 0. The van der Waals surface area contributed by atoms with E-state index >= 15 is 0 Å². The van der Waals surface area contributed by atoms with Crippen molar-refractivity contribution in [1.82, 2.24) is 10.6 Å². The standard InChI is InChI=1S/C19H21ClN2O2/c1-12-6-4-5-7-17(12)13(2)21-18(23)14(3)22-19(24)15-8-10-16(20)11-9-15/h4-11,13-14H,1-3H3,(H,21,23)(H,22,24). The molecule has 2 rings (SSSR count). The molecule has 0 aromatic heterocycles. The van der Waals surface area contributed by atoms with Gasteiger partial charge < -0.3 is 10.6 Å². The zero-order chi connectivity index (χ0) is 17.7. The van der Waals surface area contributed by atoms with Crippen molar-refractivity contribution >= 4 is 23.4 Å². The molecule has 0 aliphatic heterocycles. The Balaban J connectivity index is 1.95. The van der Waals surface area contributed by atoms with E-state index in [1.807, 2.05) is 38.1 Å². The van der Waals surface area contributed by atoms with E-state index in [1.165, 1.54) is 0 Å². The summed E-state index contributed by atoms with van der Waals surface area (Å²) >= 11 is 5.80. The zero-order valence-corrected chi connectivity index (χ0v) is 14.7. The molecule has 0 aliphatic carbocycles. The van der Waals surface area contributed by atoms with Crippen LogP contribution in [0, 0.1) is 6.92 Å². The van der Waals surface area contributed by atoms with E-state index in [2.05, 4.69) is 10.6 Å². The Morgan fingerprint density at radius 1 is 0.958 bits per heavy atom. The molecule has 4 nitrogen and oxygen atoms in total. The number of carbonyl (C=O) groups is 2. The monoisotopic (exact) mass is 344 g/mol. The third-order valence-corrected chi connectivity index (χ3v) is 4.11. The highest BCUT2D eigenvalue weighted by molar-refractivity contribution is 6.30. The Morgan fingerprint density at radius 3 is 2.21 bits per heavy atom. The van der Waals surface area contributed by atoms with Gasteiger partial charge in [0.2, 0.25) is 5.91 Å². The van der Waals surface area contributed by atoms with Crippen LogP contribution >= 0.6 is 11.6 Å². The fourth-order valence-electron chi connectivity index (χ4n) is 2.44. The molecule has 2 atom stereocenters. The second kappa shape index (κ2) is 7.97. The molecule has 0 saturated heterocycles. The first-order valence-electron chi connectivity index (χ1n) is 7.81. The molecule has 0 bridgehead atoms. The van der Waals surface area contributed by atoms with E-state index in [9.17, 15) is 9.59 Å². The van der Waals surface area contributed by atoms with Gasteiger partial charge in [-0.1, -0.05) is 35.9 Å². The van der Waals surface area contributed by atoms with Crippen molar-refractivity contribution in [3.63, 3.8) is 0 Å². The maximum Gasteiger partial charge on any atom is 0.251 e. The van der Waals surface area contributed by atoms with Crippen LogP contribution < -0.4 is 10.6 Å². The Kier molecular flexibility index (Phi) is 5.99. The zero-order valence-electron chi connectivity index (χ0n) is 14.0. The van der Waals surface area contributed by atoms with Gasteiger partial charge in [0, 0.05) is 10.6 Å². The number of nitrogens with one attached hydrogen (secondary N) is 2. The van der Waals surface area contributed by atoms with Gasteiger partial charge in [-0.3, -0.25) is 9.59 Å². The second-order valence-electron chi connectivity index (χ2n) is 5.79. The lowest BCUT2D eigenvalue weighted by molar-refractivity contribution is -0.123. The number of halogens is 1. The average molecular weight is 345 g/mol. The maximum atomic E-state index is 12.3. The van der Waals surface area contributed by atoms with Crippen LogP contribution in [0.2, 0.25) is 5.02 Å². The van der Waals surface area contributed by atoms with Gasteiger partial charge in [-0.05, 0) is 56.2 Å². The minimum Gasteiger partial charge on any atom is -0.348 e. The molecule has 2 amide bonds. The number of hydrogen-bond acceptors (Lipinski definition) is 2. The van der Waals surface area contributed by atoms with E-state index in [0.29, 0.717) is 10.6 Å². The summed E-state index contributed by atoms with van der Waals surface area (Å²) in [4.78, 5) is 24.5. The SMILES string of the molecule is Cc1ccccc1C(C)NC(=O)C(C)NC(=O)c1ccc(Cl)cc1. The number of carbonyl (C=O) groups excluding carboxylic acids is 2. The number of aryl methyl sites for hydroxylation is 1. The van der Waals surface area contributed by atoms with Crippen molar-refractivity contribution < 1.29 is 9.59 Å². The van der Waals surface area contributed by atoms with Gasteiger partial charge in [-0.15, -0.1) is 0 Å². The molecule has 2 aromatic rings. The van der Waals surface area contributed by atoms with E-state index in [0.717, 1.165) is 11.1 Å². The van der Waals surface area contributed by atoms with Gasteiger partial charge in [0.1, 0.15) is 6.04 Å². The highest BCUT2D eigenvalue weighted by Crippen LogP contribution is 2.16. The number of rotatable bonds is 5. The number of benzene rings is 2. The van der Waals surface area contributed by atoms with Crippen molar-refractivity contribution in [3.05, 3.63) is 70.2 Å². The van der Waals surface area contributed by atoms with Gasteiger partial charge in [0.05, 0.1) is 6.04 Å². The van der Waals surface area contributed by atoms with Crippen LogP contribution in [-0.2, 0) is 4.79 Å². The van der Waals surface area contributed by atoms with E-state index in [-0.39, 0.29) is 17.9 Å². The molecule has 2 N–H and O–H groups in total. The van der Waals surface area contributed by atoms with Crippen molar-refractivity contribution in [2.24, 2.45) is 0 Å². The summed E-state index contributed by atoms with van der Waals surface area (Å²) in [6.45, 7) is 5.59. The fourth-order valence-corrected chi connectivity index (χ4v) is 2.56. The van der Waals surface area contributed by atoms with Crippen LogP contribution in [0.5, 0.6) is 0 Å². The first-order chi connectivity index (χ1) is 11.4. The van der Waals surface area contributed by atoms with E-state index in [4.69, 9.17) is 11.6 Å². The molecular formula is C19H21ClN2O2. The smallest absolute Gasteiger partial charge is 0.251 e. The Morgan fingerprint density at radius 2 is 1.58 bits per heavy atom. The van der Waals surface area contributed by atoms with Crippen LogP contribution in [0.25, 0.3) is 0 Å². The third kappa shape index (κ3) is 4.59. The highest BCUT2D eigenvalue weighted by Gasteiger charge is 2.19. The third-order valence-electron chi connectivity index (χ3n) is 3.86. The average Bonchev–Trinajstić information content (AvgIpc) is 2.55. The predicted molar refractivity (Wildman–Crippen MR) is 96.1 cm³/mol. The molecule has 0 aliphatic rings. The van der Waals surface area contributed by atoms with Gasteiger partial charge in [0.25, 0.3) is 5.91 Å².